The Bertz CT molecular complexity index is 1000. The number of ether oxygens (including phenoxy) is 1. The molecule has 1 saturated heterocycles. The van der Waals surface area contributed by atoms with Crippen LogP contribution in [-0.4, -0.2) is 34.1 Å². The summed E-state index contributed by atoms with van der Waals surface area (Å²) in [7, 11) is 0. The molecule has 0 saturated carbocycles. The Labute approximate surface area is 174 Å². The van der Waals surface area contributed by atoms with Gasteiger partial charge in [0.2, 0.25) is 0 Å². The predicted octanol–water partition coefficient (Wildman–Crippen LogP) is 3.90. The molecule has 1 aliphatic heterocycles. The number of piperidine rings is 1. The minimum Gasteiger partial charge on any atom is -0.481 e. The number of aliphatic carboxylic acids is 1. The molecule has 8 heteroatoms. The summed E-state index contributed by atoms with van der Waals surface area (Å²) in [5.74, 6) is 1.59. The van der Waals surface area contributed by atoms with Gasteiger partial charge in [0, 0.05) is 18.8 Å². The van der Waals surface area contributed by atoms with Gasteiger partial charge >= 0.3 is 5.97 Å². The zero-order valence-electron chi connectivity index (χ0n) is 16.4. The molecule has 0 bridgehead atoms. The Balaban J connectivity index is 1.44. The minimum atomic E-state index is -0.743. The Kier molecular flexibility index (Phi) is 5.65. The van der Waals surface area contributed by atoms with E-state index in [1.165, 1.54) is 6.33 Å². The SMILES string of the molecule is Nc1c(Nc2ccc(Oc3ccccc3)cc2)ncnc1N1CCC(C(=O)O)CC1. The van der Waals surface area contributed by atoms with Gasteiger partial charge in [-0.3, -0.25) is 4.79 Å². The summed E-state index contributed by atoms with van der Waals surface area (Å²) in [6.07, 6.45) is 2.61. The Morgan fingerprint density at radius 3 is 2.37 bits per heavy atom. The highest BCUT2D eigenvalue weighted by Gasteiger charge is 2.26. The number of hydrogen-bond acceptors (Lipinski definition) is 7. The number of anilines is 4. The van der Waals surface area contributed by atoms with E-state index in [-0.39, 0.29) is 5.92 Å². The molecule has 0 amide bonds. The van der Waals surface area contributed by atoms with Crippen LogP contribution in [0.4, 0.5) is 23.0 Å². The van der Waals surface area contributed by atoms with E-state index in [1.54, 1.807) is 0 Å². The summed E-state index contributed by atoms with van der Waals surface area (Å²) in [6.45, 7) is 1.20. The molecule has 4 rings (SSSR count). The first-order chi connectivity index (χ1) is 14.6. The van der Waals surface area contributed by atoms with E-state index in [0.29, 0.717) is 43.3 Å². The van der Waals surface area contributed by atoms with Crippen LogP contribution in [0.3, 0.4) is 0 Å². The molecule has 8 nitrogen and oxygen atoms in total. The van der Waals surface area contributed by atoms with Gasteiger partial charge in [-0.1, -0.05) is 18.2 Å². The highest BCUT2D eigenvalue weighted by atomic mass is 16.5. The maximum Gasteiger partial charge on any atom is 0.306 e. The third kappa shape index (κ3) is 4.43. The number of nitrogens with one attached hydrogen (secondary N) is 1. The van der Waals surface area contributed by atoms with Crippen LogP contribution in [0.1, 0.15) is 12.8 Å². The lowest BCUT2D eigenvalue weighted by Gasteiger charge is -2.31. The summed E-state index contributed by atoms with van der Waals surface area (Å²) in [5.41, 5.74) is 7.58. The van der Waals surface area contributed by atoms with Gasteiger partial charge < -0.3 is 25.8 Å². The van der Waals surface area contributed by atoms with Crippen LogP contribution in [0.5, 0.6) is 11.5 Å². The van der Waals surface area contributed by atoms with Crippen LogP contribution in [0, 0.1) is 5.92 Å². The molecule has 0 spiro atoms. The number of para-hydroxylation sites is 1. The summed E-state index contributed by atoms with van der Waals surface area (Å²) in [6, 6.07) is 17.1. The first-order valence-corrected chi connectivity index (χ1v) is 9.78. The van der Waals surface area contributed by atoms with Crippen LogP contribution in [0.15, 0.2) is 60.9 Å². The third-order valence-corrected chi connectivity index (χ3v) is 5.10. The number of benzene rings is 2. The average Bonchev–Trinajstić information content (AvgIpc) is 2.77. The van der Waals surface area contributed by atoms with Crippen molar-refractivity contribution >= 4 is 29.0 Å². The van der Waals surface area contributed by atoms with Crippen LogP contribution < -0.4 is 20.7 Å². The van der Waals surface area contributed by atoms with Crippen LogP contribution >= 0.6 is 0 Å². The molecular formula is C22H23N5O3. The molecule has 2 aromatic carbocycles. The van der Waals surface area contributed by atoms with E-state index in [2.05, 4.69) is 15.3 Å². The fraction of sp³-hybridized carbons (Fsp3) is 0.227. The molecular weight excluding hydrogens is 382 g/mol. The fourth-order valence-corrected chi connectivity index (χ4v) is 3.44. The molecule has 30 heavy (non-hydrogen) atoms. The van der Waals surface area contributed by atoms with E-state index < -0.39 is 5.97 Å². The topological polar surface area (TPSA) is 114 Å². The number of nitrogen functional groups attached to an aromatic ring is 1. The number of carbonyl (C=O) groups is 1. The summed E-state index contributed by atoms with van der Waals surface area (Å²) < 4.78 is 5.80. The van der Waals surface area contributed by atoms with Crippen molar-refractivity contribution in [3.8, 4) is 11.5 Å². The summed E-state index contributed by atoms with van der Waals surface area (Å²) in [4.78, 5) is 21.8. The lowest BCUT2D eigenvalue weighted by Crippen LogP contribution is -2.37. The van der Waals surface area contributed by atoms with Crippen molar-refractivity contribution in [2.24, 2.45) is 5.92 Å². The zero-order chi connectivity index (χ0) is 20.9. The number of nitrogens with zero attached hydrogens (tertiary/aromatic N) is 3. The van der Waals surface area contributed by atoms with Crippen molar-refractivity contribution < 1.29 is 14.6 Å². The average molecular weight is 405 g/mol. The Hall–Kier alpha value is -3.81. The van der Waals surface area contributed by atoms with E-state index in [1.807, 2.05) is 59.5 Å². The Morgan fingerprint density at radius 1 is 1.03 bits per heavy atom. The lowest BCUT2D eigenvalue weighted by molar-refractivity contribution is -0.142. The van der Waals surface area contributed by atoms with Crippen molar-refractivity contribution in [1.82, 2.24) is 9.97 Å². The standard InChI is InChI=1S/C22H23N5O3/c23-19-20(24-14-25-21(19)27-12-10-15(11-13-27)22(28)29)26-16-6-8-18(9-7-16)30-17-4-2-1-3-5-17/h1-9,14-15H,10-13,23H2,(H,28,29)(H,24,25,26). The number of carboxylic acids is 1. The van der Waals surface area contributed by atoms with Gasteiger partial charge in [0.05, 0.1) is 5.92 Å². The molecule has 2 heterocycles. The summed E-state index contributed by atoms with van der Waals surface area (Å²) >= 11 is 0. The third-order valence-electron chi connectivity index (χ3n) is 5.10. The predicted molar refractivity (Wildman–Crippen MR) is 115 cm³/mol. The van der Waals surface area contributed by atoms with Crippen molar-refractivity contribution in [2.75, 3.05) is 29.0 Å². The molecule has 4 N–H and O–H groups in total. The van der Waals surface area contributed by atoms with Crippen LogP contribution in [0.2, 0.25) is 0 Å². The number of nitrogens with two attached hydrogens (primary N) is 1. The summed E-state index contributed by atoms with van der Waals surface area (Å²) in [5, 5.41) is 12.4. The van der Waals surface area contributed by atoms with Crippen LogP contribution in [-0.2, 0) is 4.79 Å². The van der Waals surface area contributed by atoms with Crippen molar-refractivity contribution in [1.29, 1.82) is 0 Å². The molecule has 0 radical (unpaired) electrons. The van der Waals surface area contributed by atoms with Crippen LogP contribution in [0.25, 0.3) is 0 Å². The molecule has 0 atom stereocenters. The van der Waals surface area contributed by atoms with E-state index >= 15 is 0 Å². The van der Waals surface area contributed by atoms with Gasteiger partial charge in [0.1, 0.15) is 23.5 Å². The second kappa shape index (κ2) is 8.69. The van der Waals surface area contributed by atoms with Gasteiger partial charge in [-0.25, -0.2) is 9.97 Å². The molecule has 0 unspecified atom stereocenters. The number of aromatic nitrogens is 2. The van der Waals surface area contributed by atoms with Crippen molar-refractivity contribution in [3.63, 3.8) is 0 Å². The monoisotopic (exact) mass is 405 g/mol. The largest absolute Gasteiger partial charge is 0.481 e. The molecule has 154 valence electrons. The number of rotatable bonds is 6. The second-order valence-electron chi connectivity index (χ2n) is 7.12. The van der Waals surface area contributed by atoms with E-state index in [9.17, 15) is 9.90 Å². The van der Waals surface area contributed by atoms with Gasteiger partial charge in [0.25, 0.3) is 0 Å². The molecule has 3 aromatic rings. The first-order valence-electron chi connectivity index (χ1n) is 9.78. The molecule has 0 aliphatic carbocycles. The van der Waals surface area contributed by atoms with Gasteiger partial charge in [-0.15, -0.1) is 0 Å². The van der Waals surface area contributed by atoms with Crippen molar-refractivity contribution in [2.45, 2.75) is 12.8 Å². The first kappa shape index (κ1) is 19.5. The molecule has 1 aliphatic rings. The van der Waals surface area contributed by atoms with Gasteiger partial charge in [0.15, 0.2) is 11.6 Å². The molecule has 1 aromatic heterocycles. The van der Waals surface area contributed by atoms with E-state index in [0.717, 1.165) is 17.2 Å². The smallest absolute Gasteiger partial charge is 0.306 e. The van der Waals surface area contributed by atoms with Gasteiger partial charge in [-0.05, 0) is 49.2 Å². The maximum absolute atomic E-state index is 11.2. The fourth-order valence-electron chi connectivity index (χ4n) is 3.44. The van der Waals surface area contributed by atoms with Gasteiger partial charge in [-0.2, -0.15) is 0 Å². The highest BCUT2D eigenvalue weighted by Crippen LogP contribution is 2.32. The quantitative estimate of drug-likeness (QED) is 0.566. The number of carboxylic acid groups (broad SMARTS) is 1. The molecule has 1 fully saturated rings. The lowest BCUT2D eigenvalue weighted by atomic mass is 9.97. The highest BCUT2D eigenvalue weighted by molar-refractivity contribution is 5.78. The number of hydrogen-bond donors (Lipinski definition) is 3. The zero-order valence-corrected chi connectivity index (χ0v) is 16.4. The Morgan fingerprint density at radius 2 is 1.70 bits per heavy atom. The minimum absolute atomic E-state index is 0.307. The van der Waals surface area contributed by atoms with E-state index in [4.69, 9.17) is 10.5 Å². The van der Waals surface area contributed by atoms with Crippen molar-refractivity contribution in [3.05, 3.63) is 60.9 Å². The maximum atomic E-state index is 11.2. The normalized spacial score (nSPS) is 14.3. The second-order valence-corrected chi connectivity index (χ2v) is 7.12.